The van der Waals surface area contributed by atoms with Gasteiger partial charge in [-0.25, -0.2) is 0 Å². The smallest absolute Gasteiger partial charge is 0.0436 e. The zero-order valence-electron chi connectivity index (χ0n) is 11.7. The summed E-state index contributed by atoms with van der Waals surface area (Å²) in [5.41, 5.74) is 2.32. The molecule has 1 N–H and O–H groups in total. The summed E-state index contributed by atoms with van der Waals surface area (Å²) in [6.45, 7) is 0.228. The molecule has 0 saturated heterocycles. The molecule has 0 aliphatic rings. The van der Waals surface area contributed by atoms with Crippen molar-refractivity contribution in [3.8, 4) is 0 Å². The highest BCUT2D eigenvalue weighted by atomic mass is 16.3. The highest BCUT2D eigenvalue weighted by Crippen LogP contribution is 2.15. The minimum atomic E-state index is 0.228. The van der Waals surface area contributed by atoms with Crippen molar-refractivity contribution in [3.05, 3.63) is 72.1 Å². The summed E-state index contributed by atoms with van der Waals surface area (Å²) in [6.07, 6.45) is 8.94. The fourth-order valence-electron chi connectivity index (χ4n) is 2.19. The van der Waals surface area contributed by atoms with Gasteiger partial charge in [-0.2, -0.15) is 0 Å². The molecule has 0 saturated carbocycles. The van der Waals surface area contributed by atoms with Gasteiger partial charge in [-0.05, 0) is 42.9 Å². The number of aliphatic hydroxyl groups is 1. The summed E-state index contributed by atoms with van der Waals surface area (Å²) < 4.78 is 0. The average Bonchev–Trinajstić information content (AvgIpc) is 2.52. The third kappa shape index (κ3) is 4.98. The first-order valence-corrected chi connectivity index (χ1v) is 7.12. The molecule has 2 heteroatoms. The highest BCUT2D eigenvalue weighted by Gasteiger charge is 2.05. The van der Waals surface area contributed by atoms with Crippen LogP contribution >= 0.6 is 0 Å². The van der Waals surface area contributed by atoms with Crippen molar-refractivity contribution in [1.82, 2.24) is 4.98 Å². The molecule has 1 aromatic carbocycles. The van der Waals surface area contributed by atoms with Crippen molar-refractivity contribution >= 4 is 6.08 Å². The van der Waals surface area contributed by atoms with Gasteiger partial charge in [0.15, 0.2) is 0 Å². The summed E-state index contributed by atoms with van der Waals surface area (Å²) in [7, 11) is 0. The van der Waals surface area contributed by atoms with Crippen molar-refractivity contribution < 1.29 is 5.11 Å². The number of allylic oxidation sites excluding steroid dienone is 1. The van der Waals surface area contributed by atoms with Crippen molar-refractivity contribution in [2.45, 2.75) is 19.3 Å². The Hall–Kier alpha value is -1.93. The van der Waals surface area contributed by atoms with Gasteiger partial charge in [-0.1, -0.05) is 48.6 Å². The van der Waals surface area contributed by atoms with Gasteiger partial charge in [0.05, 0.1) is 0 Å². The fourth-order valence-corrected chi connectivity index (χ4v) is 2.19. The van der Waals surface area contributed by atoms with Gasteiger partial charge in [0.2, 0.25) is 0 Å². The van der Waals surface area contributed by atoms with E-state index < -0.39 is 0 Å². The topological polar surface area (TPSA) is 33.1 Å². The summed E-state index contributed by atoms with van der Waals surface area (Å²) in [5.74, 6) is 0.391. The van der Waals surface area contributed by atoms with Crippen LogP contribution in [-0.4, -0.2) is 16.7 Å². The molecule has 1 heterocycles. The van der Waals surface area contributed by atoms with Gasteiger partial charge >= 0.3 is 0 Å². The van der Waals surface area contributed by atoms with E-state index in [4.69, 9.17) is 0 Å². The number of aromatic nitrogens is 1. The van der Waals surface area contributed by atoms with Gasteiger partial charge in [0.25, 0.3) is 0 Å². The number of aliphatic hydroxyl groups excluding tert-OH is 1. The molecule has 104 valence electrons. The van der Waals surface area contributed by atoms with Crippen LogP contribution in [0.4, 0.5) is 0 Å². The molecule has 0 fully saturated rings. The number of benzene rings is 1. The standard InChI is InChI=1S/C18H21NO/c20-15-13-17(10-9-16-6-2-1-3-7-16)11-12-18-8-4-5-14-19-18/h1-10,14,17,20H,11-13,15H2. The second-order valence-corrected chi connectivity index (χ2v) is 4.90. The van der Waals surface area contributed by atoms with Gasteiger partial charge in [0.1, 0.15) is 0 Å². The number of nitrogens with zero attached hydrogens (tertiary/aromatic N) is 1. The lowest BCUT2D eigenvalue weighted by Crippen LogP contribution is -2.02. The summed E-state index contributed by atoms with van der Waals surface area (Å²) >= 11 is 0. The Bertz CT molecular complexity index is 507. The Morgan fingerprint density at radius 3 is 2.50 bits per heavy atom. The zero-order valence-corrected chi connectivity index (χ0v) is 11.7. The second-order valence-electron chi connectivity index (χ2n) is 4.90. The maximum Gasteiger partial charge on any atom is 0.0436 e. The monoisotopic (exact) mass is 267 g/mol. The number of pyridine rings is 1. The highest BCUT2D eigenvalue weighted by molar-refractivity contribution is 5.48. The Morgan fingerprint density at radius 2 is 1.80 bits per heavy atom. The van der Waals surface area contributed by atoms with E-state index in [0.717, 1.165) is 25.0 Å². The zero-order chi connectivity index (χ0) is 14.0. The third-order valence-corrected chi connectivity index (χ3v) is 3.36. The molecule has 0 spiro atoms. The van der Waals surface area contributed by atoms with Crippen LogP contribution in [0.3, 0.4) is 0 Å². The lowest BCUT2D eigenvalue weighted by Gasteiger charge is -2.10. The molecule has 20 heavy (non-hydrogen) atoms. The van der Waals surface area contributed by atoms with E-state index in [0.29, 0.717) is 5.92 Å². The molecule has 0 aliphatic heterocycles. The maximum absolute atomic E-state index is 9.18. The Kier molecular flexibility index (Phi) is 6.00. The van der Waals surface area contributed by atoms with E-state index in [1.165, 1.54) is 5.56 Å². The molecule has 2 rings (SSSR count). The Balaban J connectivity index is 1.92. The first-order chi connectivity index (χ1) is 9.88. The molecule has 1 unspecified atom stereocenters. The van der Waals surface area contributed by atoms with Crippen molar-refractivity contribution in [2.24, 2.45) is 5.92 Å². The van der Waals surface area contributed by atoms with Gasteiger partial charge in [0, 0.05) is 18.5 Å². The third-order valence-electron chi connectivity index (χ3n) is 3.36. The maximum atomic E-state index is 9.18. The van der Waals surface area contributed by atoms with E-state index in [2.05, 4.69) is 35.3 Å². The molecule has 1 aromatic heterocycles. The van der Waals surface area contributed by atoms with Crippen molar-refractivity contribution in [3.63, 3.8) is 0 Å². The van der Waals surface area contributed by atoms with Gasteiger partial charge < -0.3 is 5.11 Å². The van der Waals surface area contributed by atoms with E-state index in [1.54, 1.807) is 0 Å². The van der Waals surface area contributed by atoms with Crippen LogP contribution in [0.25, 0.3) is 6.08 Å². The predicted octanol–water partition coefficient (Wildman–Crippen LogP) is 3.73. The van der Waals surface area contributed by atoms with E-state index in [1.807, 2.05) is 36.5 Å². The molecule has 0 amide bonds. The number of aryl methyl sites for hydroxylation is 1. The summed E-state index contributed by atoms with van der Waals surface area (Å²) in [5, 5.41) is 9.18. The van der Waals surface area contributed by atoms with Crippen LogP contribution in [0.15, 0.2) is 60.8 Å². The molecule has 2 nitrogen and oxygen atoms in total. The lowest BCUT2D eigenvalue weighted by atomic mass is 9.97. The molecule has 1 atom stereocenters. The molecule has 2 aromatic rings. The van der Waals surface area contributed by atoms with E-state index in [-0.39, 0.29) is 6.61 Å². The summed E-state index contributed by atoms with van der Waals surface area (Å²) in [6, 6.07) is 16.3. The molecule has 0 aliphatic carbocycles. The average molecular weight is 267 g/mol. The molecular formula is C18H21NO. The Morgan fingerprint density at radius 1 is 1.00 bits per heavy atom. The van der Waals surface area contributed by atoms with Gasteiger partial charge in [-0.15, -0.1) is 0 Å². The molecule has 0 bridgehead atoms. The second kappa shape index (κ2) is 8.28. The van der Waals surface area contributed by atoms with E-state index >= 15 is 0 Å². The van der Waals surface area contributed by atoms with E-state index in [9.17, 15) is 5.11 Å². The first kappa shape index (κ1) is 14.5. The van der Waals surface area contributed by atoms with Crippen LogP contribution in [-0.2, 0) is 6.42 Å². The quantitative estimate of drug-likeness (QED) is 0.829. The van der Waals surface area contributed by atoms with Crippen LogP contribution in [0, 0.1) is 5.92 Å². The lowest BCUT2D eigenvalue weighted by molar-refractivity contribution is 0.267. The SMILES string of the molecule is OCCC(C=Cc1ccccc1)CCc1ccccn1. The van der Waals surface area contributed by atoms with Gasteiger partial charge in [-0.3, -0.25) is 4.98 Å². The normalized spacial score (nSPS) is 12.7. The Labute approximate surface area is 120 Å². The predicted molar refractivity (Wildman–Crippen MR) is 83.2 cm³/mol. The van der Waals surface area contributed by atoms with Crippen LogP contribution in [0.5, 0.6) is 0 Å². The number of hydrogen-bond donors (Lipinski definition) is 1. The number of hydrogen-bond acceptors (Lipinski definition) is 2. The number of rotatable bonds is 7. The largest absolute Gasteiger partial charge is 0.396 e. The molecular weight excluding hydrogens is 246 g/mol. The molecule has 0 radical (unpaired) electrons. The first-order valence-electron chi connectivity index (χ1n) is 7.12. The fraction of sp³-hybridized carbons (Fsp3) is 0.278. The van der Waals surface area contributed by atoms with Crippen molar-refractivity contribution in [2.75, 3.05) is 6.61 Å². The minimum Gasteiger partial charge on any atom is -0.396 e. The van der Waals surface area contributed by atoms with Crippen LogP contribution < -0.4 is 0 Å². The van der Waals surface area contributed by atoms with Crippen LogP contribution in [0.2, 0.25) is 0 Å². The van der Waals surface area contributed by atoms with Crippen molar-refractivity contribution in [1.29, 1.82) is 0 Å². The minimum absolute atomic E-state index is 0.228. The van der Waals surface area contributed by atoms with Crippen LogP contribution in [0.1, 0.15) is 24.1 Å². The summed E-state index contributed by atoms with van der Waals surface area (Å²) in [4.78, 5) is 4.34.